The molecule has 8 bridgehead atoms. The smallest absolute Gasteiger partial charge is 0.130 e. The Kier molecular flexibility index (Phi) is 41.3. The minimum Gasteiger partial charge on any atom is -0.493 e. The molecule has 4 aromatic heterocycles. The molecule has 0 radical (unpaired) electrons. The van der Waals surface area contributed by atoms with Crippen LogP contribution in [0, 0.1) is 0 Å². The summed E-state index contributed by atoms with van der Waals surface area (Å²) in [7, 11) is 0. The molecule has 0 unspecified atom stereocenters. The Morgan fingerprint density at radius 2 is 0.491 bits per heavy atom. The summed E-state index contributed by atoms with van der Waals surface area (Å²) < 4.78 is 28.8. The number of nitrogens with zero attached hydrogens (tertiary/aromatic N) is 4. The predicted octanol–water partition coefficient (Wildman–Crippen LogP) is 27.5. The normalized spacial score (nSPS) is 12.0. The Balaban J connectivity index is 0.859. The maximum absolute atomic E-state index is 7.19. The van der Waals surface area contributed by atoms with Gasteiger partial charge in [-0.25, -0.2) is 9.97 Å². The highest BCUT2D eigenvalue weighted by molar-refractivity contribution is 7.99. The molecule has 0 aliphatic heterocycles. The van der Waals surface area contributed by atoms with Crippen molar-refractivity contribution in [3.63, 3.8) is 0 Å². The summed E-state index contributed by atoms with van der Waals surface area (Å²) in [6, 6.07) is 51.1. The van der Waals surface area contributed by atoms with Gasteiger partial charge in [0.15, 0.2) is 0 Å². The molecule has 0 N–H and O–H groups in total. The molecule has 0 saturated carbocycles. The van der Waals surface area contributed by atoms with Gasteiger partial charge in [-0.2, -0.15) is 23.5 Å². The third-order valence-corrected chi connectivity index (χ3v) is 23.4. The first-order chi connectivity index (χ1) is 52.6. The van der Waals surface area contributed by atoms with Crippen LogP contribution >= 0.6 is 23.5 Å². The van der Waals surface area contributed by atoms with Gasteiger partial charge in [-0.05, 0) is 155 Å². The molecule has 9 rings (SSSR count). The second-order valence-electron chi connectivity index (χ2n) is 30.0. The molecule has 10 heteroatoms. The van der Waals surface area contributed by atoms with Gasteiger partial charge in [0, 0.05) is 38.1 Å². The highest BCUT2D eigenvalue weighted by Crippen LogP contribution is 2.40. The second kappa shape index (κ2) is 52.4. The molecule has 0 fully saturated rings. The monoisotopic (exact) mass is 1470 g/mol. The van der Waals surface area contributed by atoms with E-state index in [1.54, 1.807) is 0 Å². The molecule has 0 atom stereocenters. The Hall–Kier alpha value is -6.62. The summed E-state index contributed by atoms with van der Waals surface area (Å²) in [5, 5.41) is 0. The van der Waals surface area contributed by atoms with Gasteiger partial charge in [0.1, 0.15) is 36.2 Å². The van der Waals surface area contributed by atoms with Crippen LogP contribution in [0.25, 0.3) is 22.8 Å². The Morgan fingerprint density at radius 1 is 0.245 bits per heavy atom. The lowest BCUT2D eigenvalue weighted by atomic mass is 9.91. The minimum atomic E-state index is 0.301. The molecule has 8 aromatic rings. The number of fused-ring (bicyclic) bond motifs is 8. The van der Waals surface area contributed by atoms with Crippen LogP contribution in [0.2, 0.25) is 0 Å². The lowest BCUT2D eigenvalue weighted by molar-refractivity contribution is 0.290. The fourth-order valence-electron chi connectivity index (χ4n) is 15.0. The lowest BCUT2D eigenvalue weighted by Gasteiger charge is -2.23. The number of hydrogen-bond acceptors (Lipinski definition) is 10. The van der Waals surface area contributed by atoms with E-state index in [-0.39, 0.29) is 0 Å². The Labute approximate surface area is 650 Å². The number of pyridine rings is 4. The number of rotatable bonds is 56. The number of aromatic nitrogens is 4. The Morgan fingerprint density at radius 3 is 0.764 bits per heavy atom. The number of thioether (sulfide) groups is 2. The van der Waals surface area contributed by atoms with Crippen molar-refractivity contribution in [1.29, 1.82) is 0 Å². The van der Waals surface area contributed by atoms with Crippen molar-refractivity contribution in [2.45, 2.75) is 297 Å². The first-order valence-corrected chi connectivity index (χ1v) is 44.8. The third kappa shape index (κ3) is 31.5. The summed E-state index contributed by atoms with van der Waals surface area (Å²) in [5.41, 5.74) is 14.0. The van der Waals surface area contributed by atoms with Crippen molar-refractivity contribution in [3.8, 4) is 45.8 Å². The third-order valence-electron chi connectivity index (χ3n) is 21.1. The van der Waals surface area contributed by atoms with Gasteiger partial charge in [0.25, 0.3) is 0 Å². The first kappa shape index (κ1) is 83.4. The van der Waals surface area contributed by atoms with Gasteiger partial charge in [0.2, 0.25) is 0 Å². The quantitative estimate of drug-likeness (QED) is 0.0344. The van der Waals surface area contributed by atoms with Crippen LogP contribution in [-0.4, -0.2) is 56.2 Å². The van der Waals surface area contributed by atoms with Gasteiger partial charge in [0.05, 0.1) is 47.4 Å². The van der Waals surface area contributed by atoms with Gasteiger partial charge in [-0.1, -0.05) is 316 Å². The SMILES string of the molecule is CCCCCCCCCCCSCCCCCCCCCCCCOc1c2cccc1Cc1cccc(c1OCc1cccc(-c3ccccn3)n1)Cc1cccc(c1OCCCCCCCCCCCCSCCCCCCCCCCC)Cc1cccc(c1OCc1cccc(-c3ccccn3)n1)C2. The number of unbranched alkanes of at least 4 members (excludes halogenated alkanes) is 34. The van der Waals surface area contributed by atoms with E-state index in [1.165, 1.54) is 241 Å². The van der Waals surface area contributed by atoms with E-state index in [0.717, 1.165) is 127 Å². The van der Waals surface area contributed by atoms with Crippen molar-refractivity contribution in [2.75, 3.05) is 36.2 Å². The summed E-state index contributed by atoms with van der Waals surface area (Å²) in [6.45, 7) is 6.52. The predicted molar refractivity (Wildman–Crippen MR) is 453 cm³/mol. The van der Waals surface area contributed by atoms with E-state index >= 15 is 0 Å². The zero-order valence-electron chi connectivity index (χ0n) is 65.6. The van der Waals surface area contributed by atoms with Gasteiger partial charge in [-0.15, -0.1) is 0 Å². The molecular formula is C96H132N4O4S2. The van der Waals surface area contributed by atoms with Crippen molar-refractivity contribution in [1.82, 2.24) is 19.9 Å². The minimum absolute atomic E-state index is 0.301. The van der Waals surface area contributed by atoms with E-state index in [2.05, 4.69) is 144 Å². The summed E-state index contributed by atoms with van der Waals surface area (Å²) in [4.78, 5) is 19.5. The van der Waals surface area contributed by atoms with Crippen molar-refractivity contribution in [2.24, 2.45) is 0 Å². The maximum Gasteiger partial charge on any atom is 0.130 e. The molecule has 1 aliphatic carbocycles. The molecule has 8 nitrogen and oxygen atoms in total. The highest BCUT2D eigenvalue weighted by Gasteiger charge is 2.23. The van der Waals surface area contributed by atoms with Crippen LogP contribution in [0.3, 0.4) is 0 Å². The van der Waals surface area contributed by atoms with E-state index in [0.29, 0.717) is 52.1 Å². The molecule has 4 aromatic carbocycles. The second-order valence-corrected chi connectivity index (χ2v) is 32.5. The van der Waals surface area contributed by atoms with Gasteiger partial charge < -0.3 is 18.9 Å². The lowest BCUT2D eigenvalue weighted by Crippen LogP contribution is -2.10. The summed E-state index contributed by atoms with van der Waals surface area (Å²) in [5.74, 6) is 9.05. The number of para-hydroxylation sites is 4. The maximum atomic E-state index is 7.19. The molecule has 0 spiro atoms. The van der Waals surface area contributed by atoms with E-state index in [1.807, 2.05) is 60.9 Å². The summed E-state index contributed by atoms with van der Waals surface area (Å²) in [6.07, 6.45) is 57.4. The molecule has 1 aliphatic rings. The fourth-order valence-corrected chi connectivity index (χ4v) is 17.0. The molecule has 0 saturated heterocycles. The topological polar surface area (TPSA) is 88.5 Å². The average molecular weight is 1470 g/mol. The van der Waals surface area contributed by atoms with Crippen molar-refractivity contribution < 1.29 is 18.9 Å². The van der Waals surface area contributed by atoms with Crippen molar-refractivity contribution >= 4 is 23.5 Å². The van der Waals surface area contributed by atoms with E-state index in [9.17, 15) is 0 Å². The van der Waals surface area contributed by atoms with E-state index in [4.69, 9.17) is 28.9 Å². The molecule has 106 heavy (non-hydrogen) atoms. The van der Waals surface area contributed by atoms with Gasteiger partial charge in [-0.3, -0.25) is 9.97 Å². The van der Waals surface area contributed by atoms with Crippen LogP contribution in [-0.2, 0) is 38.9 Å². The van der Waals surface area contributed by atoms with Crippen LogP contribution < -0.4 is 18.9 Å². The Bertz CT molecular complexity index is 3300. The number of benzene rings is 4. The summed E-state index contributed by atoms with van der Waals surface area (Å²) >= 11 is 4.38. The molecule has 4 heterocycles. The van der Waals surface area contributed by atoms with Crippen LogP contribution in [0.4, 0.5) is 0 Å². The number of hydrogen-bond donors (Lipinski definition) is 0. The van der Waals surface area contributed by atoms with Crippen LogP contribution in [0.1, 0.15) is 314 Å². The number of ether oxygens (including phenoxy) is 4. The van der Waals surface area contributed by atoms with Crippen LogP contribution in [0.5, 0.6) is 23.0 Å². The molecular weight excluding hydrogens is 1340 g/mol. The van der Waals surface area contributed by atoms with Crippen molar-refractivity contribution in [3.05, 3.63) is 214 Å². The average Bonchev–Trinajstić information content (AvgIpc) is 0.787. The molecule has 0 amide bonds. The zero-order valence-corrected chi connectivity index (χ0v) is 67.2. The van der Waals surface area contributed by atoms with Crippen LogP contribution in [0.15, 0.2) is 158 Å². The zero-order chi connectivity index (χ0) is 73.2. The fraction of sp³-hybridized carbons (Fsp3) is 0.542. The van der Waals surface area contributed by atoms with E-state index < -0.39 is 0 Å². The molecule has 572 valence electrons. The first-order valence-electron chi connectivity index (χ1n) is 42.5. The van der Waals surface area contributed by atoms with Gasteiger partial charge >= 0.3 is 0 Å². The largest absolute Gasteiger partial charge is 0.493 e. The highest BCUT2D eigenvalue weighted by atomic mass is 32.2. The standard InChI is InChI=1S/C96H132N4O4S2/c1-3-5-7-9-11-19-25-31-41-69-105-71-43-33-27-21-15-13-17-23-29-39-67-101-93-79-51-45-52-80(93)74-84-56-48-58-86(96(84)104-78-88-60-50-64-92(100-88)90-62-36-38-66-98-90)76-82-54-46-53-81(75-85-57-47-55-83(73-79)95(85)103-77-87-59-49-63-91(99-87)89-61-35-37-65-97-89)94(82)102-68-40-30-24-18-14-16-22-28-34-44-72-106-70-42-32-26-20-12-10-8-6-4-2/h35-38,45-66H,3-34,39-44,67-78H2,1-2H3.